The van der Waals surface area contributed by atoms with Crippen molar-refractivity contribution in [1.82, 2.24) is 4.98 Å². The number of H-pyrrole nitrogens is 1. The van der Waals surface area contributed by atoms with Crippen molar-refractivity contribution in [3.05, 3.63) is 24.0 Å². The lowest BCUT2D eigenvalue weighted by atomic mass is 9.81. The standard InChI is InChI=1S/C14H26N2O2/c1-3-13(15,4-2)7-8-14(18,9-11-17)12-6-5-10-16-12/h5-6,10,16-18H,3-4,7-9,11,15H2,1-2H3. The number of nitrogens with one attached hydrogen (secondary N) is 1. The summed E-state index contributed by atoms with van der Waals surface area (Å²) in [5, 5.41) is 19.8. The molecular formula is C14H26N2O2. The van der Waals surface area contributed by atoms with Gasteiger partial charge in [0.05, 0.1) is 0 Å². The highest BCUT2D eigenvalue weighted by Crippen LogP contribution is 2.32. The largest absolute Gasteiger partial charge is 0.396 e. The average Bonchev–Trinajstić information content (AvgIpc) is 2.91. The highest BCUT2D eigenvalue weighted by molar-refractivity contribution is 5.13. The van der Waals surface area contributed by atoms with Crippen LogP contribution in [-0.4, -0.2) is 27.3 Å². The van der Waals surface area contributed by atoms with E-state index in [0.29, 0.717) is 12.8 Å². The van der Waals surface area contributed by atoms with Crippen LogP contribution in [0.5, 0.6) is 0 Å². The highest BCUT2D eigenvalue weighted by Gasteiger charge is 2.32. The quantitative estimate of drug-likeness (QED) is 0.571. The maximum absolute atomic E-state index is 10.7. The number of aliphatic hydroxyl groups is 2. The van der Waals surface area contributed by atoms with E-state index in [1.807, 2.05) is 12.1 Å². The molecule has 104 valence electrons. The fourth-order valence-electron chi connectivity index (χ4n) is 2.26. The summed E-state index contributed by atoms with van der Waals surface area (Å²) in [7, 11) is 0. The van der Waals surface area contributed by atoms with E-state index in [2.05, 4.69) is 18.8 Å². The van der Waals surface area contributed by atoms with E-state index in [1.54, 1.807) is 6.20 Å². The molecule has 18 heavy (non-hydrogen) atoms. The second-order valence-electron chi connectivity index (χ2n) is 5.16. The van der Waals surface area contributed by atoms with Crippen LogP contribution in [0, 0.1) is 0 Å². The van der Waals surface area contributed by atoms with Crippen molar-refractivity contribution >= 4 is 0 Å². The Bertz CT molecular complexity index is 334. The van der Waals surface area contributed by atoms with Crippen LogP contribution in [0.15, 0.2) is 18.3 Å². The first-order valence-corrected chi connectivity index (χ1v) is 6.75. The van der Waals surface area contributed by atoms with Gasteiger partial charge in [0.2, 0.25) is 0 Å². The molecule has 0 saturated heterocycles. The number of hydrogen-bond acceptors (Lipinski definition) is 3. The molecule has 0 aliphatic carbocycles. The topological polar surface area (TPSA) is 82.3 Å². The van der Waals surface area contributed by atoms with Crippen molar-refractivity contribution in [2.75, 3.05) is 6.61 Å². The summed E-state index contributed by atoms with van der Waals surface area (Å²) in [6.45, 7) is 4.11. The van der Waals surface area contributed by atoms with E-state index < -0.39 is 5.60 Å². The van der Waals surface area contributed by atoms with Crippen LogP contribution in [0.25, 0.3) is 0 Å². The predicted molar refractivity (Wildman–Crippen MR) is 73.1 cm³/mol. The summed E-state index contributed by atoms with van der Waals surface area (Å²) in [5.41, 5.74) is 5.79. The molecule has 1 aromatic heterocycles. The highest BCUT2D eigenvalue weighted by atomic mass is 16.3. The molecule has 0 bridgehead atoms. The Hall–Kier alpha value is -0.840. The Balaban J connectivity index is 2.75. The minimum Gasteiger partial charge on any atom is -0.396 e. The van der Waals surface area contributed by atoms with E-state index in [9.17, 15) is 5.11 Å². The Morgan fingerprint density at radius 2 is 1.89 bits per heavy atom. The van der Waals surface area contributed by atoms with Crippen molar-refractivity contribution < 1.29 is 10.2 Å². The third-order valence-electron chi connectivity index (χ3n) is 4.07. The Morgan fingerprint density at radius 3 is 2.33 bits per heavy atom. The summed E-state index contributed by atoms with van der Waals surface area (Å²) >= 11 is 0. The molecule has 0 fully saturated rings. The zero-order valence-corrected chi connectivity index (χ0v) is 11.4. The average molecular weight is 254 g/mol. The van der Waals surface area contributed by atoms with E-state index in [1.165, 1.54) is 0 Å². The molecule has 1 atom stereocenters. The normalized spacial score (nSPS) is 15.6. The van der Waals surface area contributed by atoms with Crippen molar-refractivity contribution in [2.45, 2.75) is 57.1 Å². The van der Waals surface area contributed by atoms with Gasteiger partial charge in [-0.1, -0.05) is 13.8 Å². The molecule has 4 nitrogen and oxygen atoms in total. The summed E-state index contributed by atoms with van der Waals surface area (Å²) in [5.74, 6) is 0. The zero-order valence-electron chi connectivity index (χ0n) is 11.4. The van der Waals surface area contributed by atoms with Gasteiger partial charge in [0.25, 0.3) is 0 Å². The second-order valence-corrected chi connectivity index (χ2v) is 5.16. The number of nitrogens with two attached hydrogens (primary N) is 1. The molecule has 4 heteroatoms. The van der Waals surface area contributed by atoms with Gasteiger partial charge >= 0.3 is 0 Å². The Morgan fingerprint density at radius 1 is 1.22 bits per heavy atom. The predicted octanol–water partition coefficient (Wildman–Crippen LogP) is 1.88. The van der Waals surface area contributed by atoms with Gasteiger partial charge in [-0.15, -0.1) is 0 Å². The van der Waals surface area contributed by atoms with E-state index in [4.69, 9.17) is 10.8 Å². The monoisotopic (exact) mass is 254 g/mol. The molecule has 0 radical (unpaired) electrons. The first-order valence-electron chi connectivity index (χ1n) is 6.75. The van der Waals surface area contributed by atoms with Crippen LogP contribution < -0.4 is 5.73 Å². The molecule has 1 unspecified atom stereocenters. The zero-order chi connectivity index (χ0) is 13.6. The second kappa shape index (κ2) is 6.36. The number of rotatable bonds is 8. The SMILES string of the molecule is CCC(N)(CC)CCC(O)(CCO)c1ccc[nH]1. The minimum absolute atomic E-state index is 0.0364. The summed E-state index contributed by atoms with van der Waals surface area (Å²) in [4.78, 5) is 3.03. The van der Waals surface area contributed by atoms with Gasteiger partial charge in [-0.05, 0) is 37.8 Å². The van der Waals surface area contributed by atoms with Gasteiger partial charge in [-0.2, -0.15) is 0 Å². The summed E-state index contributed by atoms with van der Waals surface area (Å²) in [6, 6.07) is 3.71. The van der Waals surface area contributed by atoms with E-state index in [-0.39, 0.29) is 12.1 Å². The van der Waals surface area contributed by atoms with Crippen LogP contribution in [-0.2, 0) is 5.60 Å². The number of aliphatic hydroxyl groups excluding tert-OH is 1. The van der Waals surface area contributed by atoms with E-state index >= 15 is 0 Å². The van der Waals surface area contributed by atoms with Gasteiger partial charge in [0, 0.05) is 30.5 Å². The molecule has 1 rings (SSSR count). The molecule has 0 aliphatic rings. The van der Waals surface area contributed by atoms with Crippen molar-refractivity contribution in [3.63, 3.8) is 0 Å². The molecule has 5 N–H and O–H groups in total. The van der Waals surface area contributed by atoms with Crippen LogP contribution in [0.3, 0.4) is 0 Å². The molecule has 1 heterocycles. The third-order valence-corrected chi connectivity index (χ3v) is 4.07. The van der Waals surface area contributed by atoms with Crippen molar-refractivity contribution in [2.24, 2.45) is 5.73 Å². The molecular weight excluding hydrogens is 228 g/mol. The van der Waals surface area contributed by atoms with Gasteiger partial charge in [-0.3, -0.25) is 0 Å². The first kappa shape index (κ1) is 15.2. The number of hydrogen-bond donors (Lipinski definition) is 4. The maximum atomic E-state index is 10.7. The molecule has 0 aromatic carbocycles. The number of aromatic amines is 1. The van der Waals surface area contributed by atoms with Crippen molar-refractivity contribution in [3.8, 4) is 0 Å². The fourth-order valence-corrected chi connectivity index (χ4v) is 2.26. The molecule has 0 amide bonds. The fraction of sp³-hybridized carbons (Fsp3) is 0.714. The van der Waals surface area contributed by atoms with Gasteiger partial charge in [0.15, 0.2) is 0 Å². The Labute approximate surface area is 109 Å². The molecule has 0 aliphatic heterocycles. The lowest BCUT2D eigenvalue weighted by Gasteiger charge is -2.33. The minimum atomic E-state index is -1.01. The molecule has 0 spiro atoms. The van der Waals surface area contributed by atoms with Crippen molar-refractivity contribution in [1.29, 1.82) is 0 Å². The maximum Gasteiger partial charge on any atom is 0.107 e. The lowest BCUT2D eigenvalue weighted by molar-refractivity contribution is -0.00740. The van der Waals surface area contributed by atoms with Gasteiger partial charge in [-0.25, -0.2) is 0 Å². The van der Waals surface area contributed by atoms with Crippen LogP contribution >= 0.6 is 0 Å². The van der Waals surface area contributed by atoms with Crippen LogP contribution in [0.4, 0.5) is 0 Å². The summed E-state index contributed by atoms with van der Waals surface area (Å²) in [6.07, 6.45) is 5.21. The molecule has 1 aromatic rings. The number of aromatic nitrogens is 1. The first-order chi connectivity index (χ1) is 8.49. The Kier molecular flexibility index (Phi) is 5.38. The van der Waals surface area contributed by atoms with Gasteiger partial charge in [0.1, 0.15) is 5.60 Å². The van der Waals surface area contributed by atoms with Gasteiger partial charge < -0.3 is 20.9 Å². The smallest absolute Gasteiger partial charge is 0.107 e. The third kappa shape index (κ3) is 3.57. The van der Waals surface area contributed by atoms with Crippen LogP contribution in [0.2, 0.25) is 0 Å². The van der Waals surface area contributed by atoms with Crippen LogP contribution in [0.1, 0.15) is 51.6 Å². The lowest BCUT2D eigenvalue weighted by Crippen LogP contribution is -2.41. The molecule has 0 saturated carbocycles. The van der Waals surface area contributed by atoms with E-state index in [0.717, 1.165) is 25.0 Å². The summed E-state index contributed by atoms with van der Waals surface area (Å²) < 4.78 is 0.